The summed E-state index contributed by atoms with van der Waals surface area (Å²) in [5.41, 5.74) is 3.16. The van der Waals surface area contributed by atoms with Crippen LogP contribution in [0.5, 0.6) is 11.5 Å². The smallest absolute Gasteiger partial charge is 0.419 e. The Hall–Kier alpha value is -2.38. The molecule has 0 saturated heterocycles. The van der Waals surface area contributed by atoms with E-state index in [1.165, 1.54) is 0 Å². The van der Waals surface area contributed by atoms with Gasteiger partial charge in [0.2, 0.25) is 0 Å². The second-order valence-electron chi connectivity index (χ2n) is 4.04. The molecule has 0 bridgehead atoms. The van der Waals surface area contributed by atoms with E-state index in [2.05, 4.69) is 0 Å². The summed E-state index contributed by atoms with van der Waals surface area (Å²) in [6.07, 6.45) is -4.93. The van der Waals surface area contributed by atoms with E-state index in [9.17, 15) is 26.3 Å². The molecule has 0 aromatic heterocycles. The number of halogens is 6. The van der Waals surface area contributed by atoms with Crippen molar-refractivity contribution in [1.82, 2.24) is 0 Å². The number of alkyl halides is 3. The molecule has 2 N–H and O–H groups in total. The molecule has 2 rings (SSSR count). The summed E-state index contributed by atoms with van der Waals surface area (Å²) in [6.45, 7) is 0. The Morgan fingerprint density at radius 2 is 1.57 bits per heavy atom. The highest BCUT2D eigenvalue weighted by atomic mass is 19.4. The van der Waals surface area contributed by atoms with Crippen LogP contribution in [0.15, 0.2) is 30.3 Å². The van der Waals surface area contributed by atoms with E-state index in [0.29, 0.717) is 24.3 Å². The predicted octanol–water partition coefficient (Wildman–Crippen LogP) is 4.50. The van der Waals surface area contributed by atoms with Crippen LogP contribution in [0.25, 0.3) is 0 Å². The normalized spacial score (nSPS) is 11.5. The van der Waals surface area contributed by atoms with Crippen LogP contribution in [0.3, 0.4) is 0 Å². The SMILES string of the molecule is Nc1c(F)cc(F)cc1Oc1ccc(F)c(C(F)(F)F)c1. The molecule has 2 nitrogen and oxygen atoms in total. The lowest BCUT2D eigenvalue weighted by Crippen LogP contribution is -2.08. The summed E-state index contributed by atoms with van der Waals surface area (Å²) in [4.78, 5) is 0. The summed E-state index contributed by atoms with van der Waals surface area (Å²) in [7, 11) is 0. The number of benzene rings is 2. The molecule has 112 valence electrons. The third-order valence-electron chi connectivity index (χ3n) is 2.53. The molecule has 0 unspecified atom stereocenters. The van der Waals surface area contributed by atoms with Gasteiger partial charge in [-0.2, -0.15) is 13.2 Å². The average Bonchev–Trinajstić information content (AvgIpc) is 2.36. The zero-order chi connectivity index (χ0) is 15.8. The Morgan fingerprint density at radius 3 is 2.19 bits per heavy atom. The number of rotatable bonds is 2. The summed E-state index contributed by atoms with van der Waals surface area (Å²) < 4.78 is 81.8. The number of ether oxygens (including phenoxy) is 1. The standard InChI is InChI=1S/C13H7F6NO/c14-6-3-10(16)12(20)11(4-6)21-7-1-2-9(15)8(5-7)13(17,18)19/h1-5H,20H2. The quantitative estimate of drug-likeness (QED) is 0.655. The zero-order valence-corrected chi connectivity index (χ0v) is 10.1. The van der Waals surface area contributed by atoms with Crippen LogP contribution in [0.4, 0.5) is 32.0 Å². The van der Waals surface area contributed by atoms with E-state index in [-0.39, 0.29) is 0 Å². The van der Waals surface area contributed by atoms with Gasteiger partial charge in [0.15, 0.2) is 11.6 Å². The van der Waals surface area contributed by atoms with E-state index < -0.39 is 46.4 Å². The number of nitrogens with two attached hydrogens (primary N) is 1. The topological polar surface area (TPSA) is 35.2 Å². The Bertz CT molecular complexity index is 683. The number of hydrogen-bond acceptors (Lipinski definition) is 2. The molecule has 0 spiro atoms. The van der Waals surface area contributed by atoms with Gasteiger partial charge in [0, 0.05) is 12.1 Å². The number of hydrogen-bond donors (Lipinski definition) is 1. The van der Waals surface area contributed by atoms with Gasteiger partial charge in [-0.15, -0.1) is 0 Å². The number of nitrogen functional groups attached to an aromatic ring is 1. The highest BCUT2D eigenvalue weighted by molar-refractivity contribution is 5.55. The van der Waals surface area contributed by atoms with E-state index in [1.54, 1.807) is 0 Å². The first-order valence-corrected chi connectivity index (χ1v) is 5.47. The molecule has 0 heterocycles. The molecular weight excluding hydrogens is 300 g/mol. The van der Waals surface area contributed by atoms with Gasteiger partial charge in [-0.25, -0.2) is 13.2 Å². The second-order valence-corrected chi connectivity index (χ2v) is 4.04. The largest absolute Gasteiger partial charge is 0.455 e. The van der Waals surface area contributed by atoms with E-state index in [0.717, 1.165) is 6.07 Å². The van der Waals surface area contributed by atoms with Crippen molar-refractivity contribution in [1.29, 1.82) is 0 Å². The van der Waals surface area contributed by atoms with Crippen LogP contribution in [-0.4, -0.2) is 0 Å². The van der Waals surface area contributed by atoms with Gasteiger partial charge in [0.05, 0.1) is 5.56 Å². The van der Waals surface area contributed by atoms with Crippen LogP contribution < -0.4 is 10.5 Å². The van der Waals surface area contributed by atoms with E-state index in [1.807, 2.05) is 0 Å². The average molecular weight is 307 g/mol. The van der Waals surface area contributed by atoms with Gasteiger partial charge >= 0.3 is 6.18 Å². The molecule has 0 radical (unpaired) electrons. The lowest BCUT2D eigenvalue weighted by Gasteiger charge is -2.12. The Kier molecular flexibility index (Phi) is 3.71. The highest BCUT2D eigenvalue weighted by Crippen LogP contribution is 2.36. The third-order valence-corrected chi connectivity index (χ3v) is 2.53. The highest BCUT2D eigenvalue weighted by Gasteiger charge is 2.34. The first-order chi connectivity index (χ1) is 9.68. The molecule has 0 amide bonds. The van der Waals surface area contributed by atoms with Crippen molar-refractivity contribution in [2.45, 2.75) is 6.18 Å². The monoisotopic (exact) mass is 307 g/mol. The maximum absolute atomic E-state index is 13.2. The Balaban J connectivity index is 2.41. The molecule has 0 aliphatic heterocycles. The summed E-state index contributed by atoms with van der Waals surface area (Å²) >= 11 is 0. The molecule has 2 aromatic rings. The van der Waals surface area contributed by atoms with Crippen molar-refractivity contribution < 1.29 is 31.1 Å². The van der Waals surface area contributed by atoms with Crippen LogP contribution in [0.2, 0.25) is 0 Å². The van der Waals surface area contributed by atoms with Gasteiger partial charge in [-0.3, -0.25) is 0 Å². The minimum absolute atomic E-state index is 0.373. The van der Waals surface area contributed by atoms with Crippen LogP contribution >= 0.6 is 0 Å². The van der Waals surface area contributed by atoms with E-state index in [4.69, 9.17) is 10.5 Å². The van der Waals surface area contributed by atoms with Crippen LogP contribution in [0, 0.1) is 17.5 Å². The van der Waals surface area contributed by atoms with Crippen molar-refractivity contribution in [3.8, 4) is 11.5 Å². The summed E-state index contributed by atoms with van der Waals surface area (Å²) in [6, 6.07) is 2.98. The molecule has 0 aliphatic carbocycles. The van der Waals surface area contributed by atoms with Gasteiger partial charge < -0.3 is 10.5 Å². The van der Waals surface area contributed by atoms with Crippen molar-refractivity contribution in [2.75, 3.05) is 5.73 Å². The number of anilines is 1. The van der Waals surface area contributed by atoms with Crippen LogP contribution in [0.1, 0.15) is 5.56 Å². The minimum Gasteiger partial charge on any atom is -0.455 e. The molecule has 0 fully saturated rings. The second kappa shape index (κ2) is 5.19. The van der Waals surface area contributed by atoms with E-state index >= 15 is 0 Å². The molecule has 0 aliphatic rings. The van der Waals surface area contributed by atoms with Crippen molar-refractivity contribution in [3.63, 3.8) is 0 Å². The predicted molar refractivity (Wildman–Crippen MR) is 62.2 cm³/mol. The minimum atomic E-state index is -4.93. The van der Waals surface area contributed by atoms with Crippen molar-refractivity contribution in [3.05, 3.63) is 53.3 Å². The molecule has 8 heteroatoms. The van der Waals surface area contributed by atoms with Gasteiger partial charge in [0.25, 0.3) is 0 Å². The van der Waals surface area contributed by atoms with Crippen molar-refractivity contribution in [2.24, 2.45) is 0 Å². The summed E-state index contributed by atoms with van der Waals surface area (Å²) in [5.74, 6) is -4.60. The molecular formula is C13H7F6NO. The molecule has 2 aromatic carbocycles. The lowest BCUT2D eigenvalue weighted by atomic mass is 10.2. The first-order valence-electron chi connectivity index (χ1n) is 5.47. The van der Waals surface area contributed by atoms with Gasteiger partial charge in [-0.05, 0) is 18.2 Å². The van der Waals surface area contributed by atoms with Crippen molar-refractivity contribution >= 4 is 5.69 Å². The maximum Gasteiger partial charge on any atom is 0.419 e. The van der Waals surface area contributed by atoms with Gasteiger partial charge in [-0.1, -0.05) is 0 Å². The van der Waals surface area contributed by atoms with Crippen LogP contribution in [-0.2, 0) is 6.18 Å². The fourth-order valence-corrected chi connectivity index (χ4v) is 1.56. The first kappa shape index (κ1) is 15.0. The maximum atomic E-state index is 13.2. The molecule has 21 heavy (non-hydrogen) atoms. The molecule has 0 saturated carbocycles. The Labute approximate surface area is 114 Å². The Morgan fingerprint density at radius 1 is 0.905 bits per heavy atom. The summed E-state index contributed by atoms with van der Waals surface area (Å²) in [5, 5.41) is 0. The molecule has 0 atom stereocenters. The fourth-order valence-electron chi connectivity index (χ4n) is 1.56. The lowest BCUT2D eigenvalue weighted by molar-refractivity contribution is -0.140. The third kappa shape index (κ3) is 3.21. The zero-order valence-electron chi connectivity index (χ0n) is 10.1. The van der Waals surface area contributed by atoms with Gasteiger partial charge in [0.1, 0.15) is 23.1 Å². The fraction of sp³-hybridized carbons (Fsp3) is 0.0769.